The lowest BCUT2D eigenvalue weighted by molar-refractivity contribution is -0.384. The van der Waals surface area contributed by atoms with E-state index < -0.39 is 4.92 Å². The highest BCUT2D eigenvalue weighted by Gasteiger charge is 2.07. The molecule has 0 saturated heterocycles. The van der Waals surface area contributed by atoms with Gasteiger partial charge in [-0.2, -0.15) is 0 Å². The Labute approximate surface area is 93.5 Å². The second kappa shape index (κ2) is 5.51. The summed E-state index contributed by atoms with van der Waals surface area (Å²) in [5.74, 6) is 0.422. The van der Waals surface area contributed by atoms with E-state index in [0.717, 1.165) is 17.6 Å². The maximum absolute atomic E-state index is 10.6. The van der Waals surface area contributed by atoms with Crippen LogP contribution in [-0.4, -0.2) is 10.8 Å². The summed E-state index contributed by atoms with van der Waals surface area (Å²) in [6, 6.07) is 6.60. The monoisotopic (exact) mass is 225 g/mol. The van der Waals surface area contributed by atoms with Gasteiger partial charge in [0.1, 0.15) is 0 Å². The Morgan fingerprint density at radius 2 is 2.33 bits per heavy atom. The van der Waals surface area contributed by atoms with Gasteiger partial charge in [-0.15, -0.1) is 11.6 Å². The van der Waals surface area contributed by atoms with Crippen LogP contribution in [0.2, 0.25) is 0 Å². The summed E-state index contributed by atoms with van der Waals surface area (Å²) in [4.78, 5) is 10.2. The van der Waals surface area contributed by atoms with Gasteiger partial charge in [0.2, 0.25) is 0 Å². The normalized spacial score (nSPS) is 11.5. The molecular weight excluding hydrogens is 214 g/mol. The first-order valence-corrected chi connectivity index (χ1v) is 5.22. The van der Waals surface area contributed by atoms with Gasteiger partial charge in [-0.3, -0.25) is 10.1 Å². The Kier molecular flexibility index (Phi) is 4.31. The number of allylic oxidation sites excluding steroid dienone is 2. The molecule has 0 aromatic heterocycles. The van der Waals surface area contributed by atoms with Gasteiger partial charge >= 0.3 is 0 Å². The van der Waals surface area contributed by atoms with E-state index in [0.29, 0.717) is 5.88 Å². The van der Waals surface area contributed by atoms with Crippen LogP contribution in [0.25, 0.3) is 5.57 Å². The average Bonchev–Trinajstić information content (AvgIpc) is 2.26. The summed E-state index contributed by atoms with van der Waals surface area (Å²) in [6.45, 7) is 2.00. The lowest BCUT2D eigenvalue weighted by Gasteiger charge is -2.03. The zero-order valence-electron chi connectivity index (χ0n) is 8.44. The fourth-order valence-corrected chi connectivity index (χ4v) is 1.56. The van der Waals surface area contributed by atoms with Crippen LogP contribution in [0, 0.1) is 10.1 Å². The summed E-state index contributed by atoms with van der Waals surface area (Å²) in [6.07, 6.45) is 2.69. The number of nitrogens with zero attached hydrogens (tertiary/aromatic N) is 1. The molecule has 4 heteroatoms. The van der Waals surface area contributed by atoms with Crippen LogP contribution >= 0.6 is 11.6 Å². The highest BCUT2D eigenvalue weighted by Crippen LogP contribution is 2.22. The van der Waals surface area contributed by atoms with E-state index in [4.69, 9.17) is 11.6 Å². The lowest BCUT2D eigenvalue weighted by Crippen LogP contribution is -1.90. The fourth-order valence-electron chi connectivity index (χ4n) is 1.38. The molecule has 0 bridgehead atoms. The summed E-state index contributed by atoms with van der Waals surface area (Å²) in [5.41, 5.74) is 2.02. The molecule has 1 rings (SSSR count). The molecule has 1 aromatic carbocycles. The maximum Gasteiger partial charge on any atom is 0.270 e. The number of halogens is 1. The van der Waals surface area contributed by atoms with Gasteiger partial charge in [0.25, 0.3) is 5.69 Å². The third-order valence-corrected chi connectivity index (χ3v) is 2.29. The van der Waals surface area contributed by atoms with Crippen LogP contribution in [0.15, 0.2) is 30.3 Å². The van der Waals surface area contributed by atoms with E-state index in [1.54, 1.807) is 12.1 Å². The number of benzene rings is 1. The highest BCUT2D eigenvalue weighted by atomic mass is 35.5. The number of hydrogen-bond acceptors (Lipinski definition) is 2. The molecule has 0 N–H and O–H groups in total. The Morgan fingerprint density at radius 1 is 1.60 bits per heavy atom. The van der Waals surface area contributed by atoms with Crippen molar-refractivity contribution in [2.24, 2.45) is 0 Å². The Hall–Kier alpha value is -1.35. The lowest BCUT2D eigenvalue weighted by atomic mass is 10.0. The van der Waals surface area contributed by atoms with Crippen LogP contribution < -0.4 is 0 Å². The number of nitro benzene ring substituents is 1. The van der Waals surface area contributed by atoms with E-state index >= 15 is 0 Å². The molecular formula is C11H12ClNO2. The van der Waals surface area contributed by atoms with E-state index in [9.17, 15) is 10.1 Å². The summed E-state index contributed by atoms with van der Waals surface area (Å²) in [7, 11) is 0. The van der Waals surface area contributed by atoms with Crippen molar-refractivity contribution in [1.82, 2.24) is 0 Å². The second-order valence-corrected chi connectivity index (χ2v) is 3.35. The molecule has 80 valence electrons. The van der Waals surface area contributed by atoms with Crippen molar-refractivity contribution in [1.29, 1.82) is 0 Å². The predicted molar refractivity (Wildman–Crippen MR) is 62.1 cm³/mol. The molecule has 0 radical (unpaired) electrons. The van der Waals surface area contributed by atoms with E-state index in [2.05, 4.69) is 0 Å². The predicted octanol–water partition coefficient (Wildman–Crippen LogP) is 3.63. The first kappa shape index (κ1) is 11.7. The first-order valence-electron chi connectivity index (χ1n) is 4.68. The molecule has 0 aliphatic carbocycles. The molecule has 0 unspecified atom stereocenters. The first-order chi connectivity index (χ1) is 7.19. The molecule has 0 atom stereocenters. The smallest absolute Gasteiger partial charge is 0.258 e. The van der Waals surface area contributed by atoms with Crippen molar-refractivity contribution >= 4 is 22.9 Å². The fraction of sp³-hybridized carbons (Fsp3) is 0.273. The van der Waals surface area contributed by atoms with Crippen LogP contribution in [0.3, 0.4) is 0 Å². The number of hydrogen-bond donors (Lipinski definition) is 0. The molecule has 0 spiro atoms. The molecule has 0 aliphatic heterocycles. The zero-order chi connectivity index (χ0) is 11.3. The molecule has 0 amide bonds. The third kappa shape index (κ3) is 3.06. The van der Waals surface area contributed by atoms with Crippen molar-refractivity contribution in [2.75, 3.05) is 5.88 Å². The highest BCUT2D eigenvalue weighted by molar-refractivity contribution is 6.19. The standard InChI is InChI=1S/C11H12ClNO2/c1-2-9(6-7-12)10-4-3-5-11(8-10)13(14)15/h3-6,8H,2,7H2,1H3/b9-6+. The van der Waals surface area contributed by atoms with Gasteiger partial charge in [0.05, 0.1) is 4.92 Å². The number of nitro groups is 1. The maximum atomic E-state index is 10.6. The van der Waals surface area contributed by atoms with E-state index in [1.807, 2.05) is 19.1 Å². The van der Waals surface area contributed by atoms with Gasteiger partial charge in [0, 0.05) is 18.0 Å². The van der Waals surface area contributed by atoms with Gasteiger partial charge < -0.3 is 0 Å². The Morgan fingerprint density at radius 3 is 2.87 bits per heavy atom. The zero-order valence-corrected chi connectivity index (χ0v) is 9.20. The second-order valence-electron chi connectivity index (χ2n) is 3.04. The Bertz CT molecular complexity index is 388. The van der Waals surface area contributed by atoms with Crippen molar-refractivity contribution in [3.05, 3.63) is 46.0 Å². The van der Waals surface area contributed by atoms with Crippen molar-refractivity contribution in [3.8, 4) is 0 Å². The Balaban J connectivity index is 3.08. The van der Waals surface area contributed by atoms with E-state index in [1.165, 1.54) is 6.07 Å². The summed E-state index contributed by atoms with van der Waals surface area (Å²) in [5, 5.41) is 10.6. The minimum absolute atomic E-state index is 0.112. The van der Waals surface area contributed by atoms with Crippen molar-refractivity contribution in [3.63, 3.8) is 0 Å². The summed E-state index contributed by atoms with van der Waals surface area (Å²) >= 11 is 5.62. The minimum Gasteiger partial charge on any atom is -0.258 e. The average molecular weight is 226 g/mol. The van der Waals surface area contributed by atoms with E-state index in [-0.39, 0.29) is 5.69 Å². The van der Waals surface area contributed by atoms with Crippen molar-refractivity contribution < 1.29 is 4.92 Å². The van der Waals surface area contributed by atoms with Gasteiger partial charge in [-0.1, -0.05) is 25.1 Å². The molecule has 0 heterocycles. The SMILES string of the molecule is CC/C(=C\CCl)c1cccc([N+](=O)[O-])c1. The molecule has 15 heavy (non-hydrogen) atoms. The van der Waals surface area contributed by atoms with Crippen LogP contribution in [0.1, 0.15) is 18.9 Å². The van der Waals surface area contributed by atoms with Crippen molar-refractivity contribution in [2.45, 2.75) is 13.3 Å². The number of rotatable bonds is 4. The van der Waals surface area contributed by atoms with Crippen LogP contribution in [0.4, 0.5) is 5.69 Å². The quantitative estimate of drug-likeness (QED) is 0.446. The number of non-ortho nitro benzene ring substituents is 1. The molecule has 1 aromatic rings. The topological polar surface area (TPSA) is 43.1 Å². The molecule has 0 saturated carbocycles. The molecule has 3 nitrogen and oxygen atoms in total. The van der Waals surface area contributed by atoms with Gasteiger partial charge in [-0.25, -0.2) is 0 Å². The van der Waals surface area contributed by atoms with Gasteiger partial charge in [-0.05, 0) is 17.6 Å². The van der Waals surface area contributed by atoms with Crippen LogP contribution in [-0.2, 0) is 0 Å². The summed E-state index contributed by atoms with van der Waals surface area (Å²) < 4.78 is 0. The largest absolute Gasteiger partial charge is 0.270 e. The minimum atomic E-state index is -0.391. The molecule has 0 aliphatic rings. The molecule has 0 fully saturated rings. The van der Waals surface area contributed by atoms with Crippen LogP contribution in [0.5, 0.6) is 0 Å². The number of alkyl halides is 1. The third-order valence-electron chi connectivity index (χ3n) is 2.13. The van der Waals surface area contributed by atoms with Gasteiger partial charge in [0.15, 0.2) is 0 Å².